The van der Waals surface area contributed by atoms with Crippen molar-refractivity contribution in [2.45, 2.75) is 71.6 Å². The highest BCUT2D eigenvalue weighted by Crippen LogP contribution is 2.34. The van der Waals surface area contributed by atoms with Gasteiger partial charge in [0.15, 0.2) is 5.06 Å². The lowest BCUT2D eigenvalue weighted by atomic mass is 10.1. The molecule has 25 heavy (non-hydrogen) atoms. The standard InChI is InChI=1S/C20H32N2O2S/c1-4-5-17(23)14-21-9-8-19-16(13-21)12-20(25-19)24-18-6-10-22(11-7-18)15(2)3/h12,15,18H,4-11,13-14H2,1-3H3. The summed E-state index contributed by atoms with van der Waals surface area (Å²) in [5, 5.41) is 1.08. The first kappa shape index (κ1) is 18.9. The molecular weight excluding hydrogens is 332 g/mol. The van der Waals surface area contributed by atoms with Gasteiger partial charge in [-0.2, -0.15) is 0 Å². The predicted molar refractivity (Wildman–Crippen MR) is 104 cm³/mol. The quantitative estimate of drug-likeness (QED) is 0.738. The summed E-state index contributed by atoms with van der Waals surface area (Å²) in [4.78, 5) is 18.2. The number of ketones is 1. The summed E-state index contributed by atoms with van der Waals surface area (Å²) in [5.74, 6) is 0.370. The molecule has 1 saturated heterocycles. The molecule has 0 N–H and O–H groups in total. The van der Waals surface area contributed by atoms with Gasteiger partial charge in [0, 0.05) is 43.5 Å². The molecule has 0 saturated carbocycles. The van der Waals surface area contributed by atoms with Crippen LogP contribution in [0, 0.1) is 0 Å². The zero-order chi connectivity index (χ0) is 17.8. The Morgan fingerprint density at radius 3 is 2.76 bits per heavy atom. The van der Waals surface area contributed by atoms with Crippen molar-refractivity contribution in [1.29, 1.82) is 0 Å². The monoisotopic (exact) mass is 364 g/mol. The first-order valence-corrected chi connectivity index (χ1v) is 10.6. The van der Waals surface area contributed by atoms with E-state index in [0.29, 0.717) is 30.9 Å². The van der Waals surface area contributed by atoms with Crippen LogP contribution in [0.5, 0.6) is 5.06 Å². The molecule has 0 spiro atoms. The van der Waals surface area contributed by atoms with Crippen LogP contribution in [0.4, 0.5) is 0 Å². The summed E-state index contributed by atoms with van der Waals surface area (Å²) in [5.41, 5.74) is 1.37. The Bertz CT molecular complexity index is 576. The number of hydrogen-bond acceptors (Lipinski definition) is 5. The number of piperidine rings is 1. The maximum absolute atomic E-state index is 11.9. The summed E-state index contributed by atoms with van der Waals surface area (Å²) in [6.45, 7) is 11.4. The van der Waals surface area contributed by atoms with Gasteiger partial charge in [-0.15, -0.1) is 11.3 Å². The fraction of sp³-hybridized carbons (Fsp3) is 0.750. The molecule has 3 rings (SSSR count). The molecule has 0 unspecified atom stereocenters. The maximum Gasteiger partial charge on any atom is 0.174 e. The lowest BCUT2D eigenvalue weighted by Crippen LogP contribution is -2.41. The van der Waals surface area contributed by atoms with Gasteiger partial charge in [-0.1, -0.05) is 6.92 Å². The van der Waals surface area contributed by atoms with E-state index in [-0.39, 0.29) is 0 Å². The Labute approximate surface area is 156 Å². The predicted octanol–water partition coefficient (Wildman–Crippen LogP) is 3.73. The molecule has 5 heteroatoms. The smallest absolute Gasteiger partial charge is 0.174 e. The first-order valence-electron chi connectivity index (χ1n) is 9.81. The summed E-state index contributed by atoms with van der Waals surface area (Å²) in [6.07, 6.45) is 5.31. The van der Waals surface area contributed by atoms with Gasteiger partial charge in [0.2, 0.25) is 0 Å². The number of carbonyl (C=O) groups is 1. The molecule has 0 amide bonds. The van der Waals surface area contributed by atoms with Crippen LogP contribution in [0.2, 0.25) is 0 Å². The van der Waals surface area contributed by atoms with Crippen molar-refractivity contribution in [3.8, 4) is 5.06 Å². The number of carbonyl (C=O) groups excluding carboxylic acids is 1. The van der Waals surface area contributed by atoms with Gasteiger partial charge in [0.05, 0.1) is 6.54 Å². The zero-order valence-corrected chi connectivity index (χ0v) is 16.7. The Morgan fingerprint density at radius 1 is 1.32 bits per heavy atom. The second-order valence-electron chi connectivity index (χ2n) is 7.71. The Morgan fingerprint density at radius 2 is 2.08 bits per heavy atom. The molecule has 0 aliphatic carbocycles. The lowest BCUT2D eigenvalue weighted by Gasteiger charge is -2.34. The van der Waals surface area contributed by atoms with Gasteiger partial charge in [-0.25, -0.2) is 0 Å². The van der Waals surface area contributed by atoms with Crippen LogP contribution >= 0.6 is 11.3 Å². The lowest BCUT2D eigenvalue weighted by molar-refractivity contribution is -0.120. The molecule has 0 atom stereocenters. The third kappa shape index (κ3) is 5.05. The van der Waals surface area contributed by atoms with Crippen molar-refractivity contribution in [3.63, 3.8) is 0 Å². The van der Waals surface area contributed by atoms with E-state index in [1.807, 2.05) is 11.3 Å². The van der Waals surface area contributed by atoms with Crippen molar-refractivity contribution in [3.05, 3.63) is 16.5 Å². The average Bonchev–Trinajstić information content (AvgIpc) is 2.97. The molecule has 1 aromatic rings. The summed E-state index contributed by atoms with van der Waals surface area (Å²) in [7, 11) is 0. The summed E-state index contributed by atoms with van der Waals surface area (Å²) in [6, 6.07) is 2.86. The zero-order valence-electron chi connectivity index (χ0n) is 15.9. The summed E-state index contributed by atoms with van der Waals surface area (Å²) >= 11 is 1.82. The molecule has 140 valence electrons. The van der Waals surface area contributed by atoms with Crippen LogP contribution in [-0.4, -0.2) is 53.9 Å². The average molecular weight is 365 g/mol. The SMILES string of the molecule is CCCC(=O)CN1CCc2sc(OC3CCN(C(C)C)CC3)cc2C1. The van der Waals surface area contributed by atoms with Crippen molar-refractivity contribution in [1.82, 2.24) is 9.80 Å². The van der Waals surface area contributed by atoms with Gasteiger partial charge < -0.3 is 9.64 Å². The van der Waals surface area contributed by atoms with Crippen LogP contribution in [0.15, 0.2) is 6.07 Å². The highest BCUT2D eigenvalue weighted by atomic mass is 32.1. The largest absolute Gasteiger partial charge is 0.481 e. The second-order valence-corrected chi connectivity index (χ2v) is 8.81. The third-order valence-electron chi connectivity index (χ3n) is 5.34. The van der Waals surface area contributed by atoms with E-state index in [4.69, 9.17) is 4.74 Å². The molecule has 0 bridgehead atoms. The number of rotatable bonds is 7. The molecule has 2 aliphatic rings. The highest BCUT2D eigenvalue weighted by molar-refractivity contribution is 7.14. The van der Waals surface area contributed by atoms with Crippen molar-refractivity contribution < 1.29 is 9.53 Å². The molecule has 0 radical (unpaired) electrons. The van der Waals surface area contributed by atoms with Crippen LogP contribution in [-0.2, 0) is 17.8 Å². The Balaban J connectivity index is 1.52. The third-order valence-corrected chi connectivity index (χ3v) is 6.47. The Hall–Kier alpha value is -0.910. The minimum atomic E-state index is 0.359. The maximum atomic E-state index is 11.9. The van der Waals surface area contributed by atoms with Crippen LogP contribution < -0.4 is 4.74 Å². The fourth-order valence-electron chi connectivity index (χ4n) is 3.84. The normalized spacial score (nSPS) is 20.0. The number of Topliss-reactive ketones (excluding diaryl/α,β-unsaturated/α-hetero) is 1. The van der Waals surface area contributed by atoms with E-state index in [2.05, 4.69) is 36.6 Å². The van der Waals surface area contributed by atoms with Crippen LogP contribution in [0.25, 0.3) is 0 Å². The molecule has 3 heterocycles. The number of thiophene rings is 1. The van der Waals surface area contributed by atoms with Crippen LogP contribution in [0.1, 0.15) is 56.9 Å². The Kier molecular flexibility index (Phi) is 6.53. The van der Waals surface area contributed by atoms with Gasteiger partial charge in [0.1, 0.15) is 11.9 Å². The van der Waals surface area contributed by atoms with Crippen molar-refractivity contribution in [2.75, 3.05) is 26.2 Å². The van der Waals surface area contributed by atoms with Gasteiger partial charge in [0.25, 0.3) is 0 Å². The van der Waals surface area contributed by atoms with Gasteiger partial charge in [-0.3, -0.25) is 9.69 Å². The fourth-order valence-corrected chi connectivity index (χ4v) is 4.91. The van der Waals surface area contributed by atoms with E-state index >= 15 is 0 Å². The second kappa shape index (κ2) is 8.65. The number of likely N-dealkylation sites (tertiary alicyclic amines) is 1. The molecular formula is C20H32N2O2S. The first-order chi connectivity index (χ1) is 12.0. The van der Waals surface area contributed by atoms with E-state index in [9.17, 15) is 4.79 Å². The summed E-state index contributed by atoms with van der Waals surface area (Å²) < 4.78 is 6.30. The van der Waals surface area contributed by atoms with Crippen molar-refractivity contribution in [2.24, 2.45) is 0 Å². The molecule has 0 aromatic carbocycles. The number of fused-ring (bicyclic) bond motifs is 1. The minimum absolute atomic E-state index is 0.359. The molecule has 1 aromatic heterocycles. The molecule has 2 aliphatic heterocycles. The number of nitrogens with zero attached hydrogens (tertiary/aromatic N) is 2. The van der Waals surface area contributed by atoms with Gasteiger partial charge in [-0.05, 0) is 51.2 Å². The van der Waals surface area contributed by atoms with Crippen LogP contribution in [0.3, 0.4) is 0 Å². The van der Waals surface area contributed by atoms with Gasteiger partial charge >= 0.3 is 0 Å². The van der Waals surface area contributed by atoms with Crippen molar-refractivity contribution >= 4 is 17.1 Å². The number of hydrogen-bond donors (Lipinski definition) is 0. The van der Waals surface area contributed by atoms with E-state index in [0.717, 1.165) is 56.9 Å². The topological polar surface area (TPSA) is 32.8 Å². The van der Waals surface area contributed by atoms with E-state index in [1.54, 1.807) is 0 Å². The molecule has 4 nitrogen and oxygen atoms in total. The van der Waals surface area contributed by atoms with E-state index < -0.39 is 0 Å². The minimum Gasteiger partial charge on any atom is -0.481 e. The molecule has 1 fully saturated rings. The highest BCUT2D eigenvalue weighted by Gasteiger charge is 2.25. The number of ether oxygens (including phenoxy) is 1. The van der Waals surface area contributed by atoms with E-state index in [1.165, 1.54) is 10.4 Å².